The van der Waals surface area contributed by atoms with Crippen LogP contribution >= 0.6 is 0 Å². The molecule has 0 saturated carbocycles. The molecule has 0 aromatic heterocycles. The van der Waals surface area contributed by atoms with Crippen molar-refractivity contribution >= 4 is 16.2 Å². The highest BCUT2D eigenvalue weighted by Crippen LogP contribution is 2.33. The van der Waals surface area contributed by atoms with Crippen LogP contribution in [-0.4, -0.2) is 44.1 Å². The monoisotopic (exact) mass is 297 g/mol. The molecule has 1 aromatic carbocycles. The molecule has 1 amide bonds. The van der Waals surface area contributed by atoms with Crippen LogP contribution in [0.15, 0.2) is 18.2 Å². The van der Waals surface area contributed by atoms with Crippen LogP contribution in [0.5, 0.6) is 11.5 Å². The van der Waals surface area contributed by atoms with Gasteiger partial charge in [0.1, 0.15) is 0 Å². The SMILES string of the molecule is O=CN(Cc1ccc2c(c1)OCO2)C1CCS(=O)(=O)C1. The maximum Gasteiger partial charge on any atom is 0.231 e. The van der Waals surface area contributed by atoms with Crippen LogP contribution in [-0.2, 0) is 21.2 Å². The van der Waals surface area contributed by atoms with Gasteiger partial charge < -0.3 is 14.4 Å². The molecule has 1 atom stereocenters. The van der Waals surface area contributed by atoms with E-state index in [9.17, 15) is 13.2 Å². The predicted octanol–water partition coefficient (Wildman–Crippen LogP) is 0.561. The molecule has 6 nitrogen and oxygen atoms in total. The zero-order valence-corrected chi connectivity index (χ0v) is 11.6. The van der Waals surface area contributed by atoms with E-state index in [4.69, 9.17) is 9.47 Å². The van der Waals surface area contributed by atoms with Gasteiger partial charge in [-0.2, -0.15) is 0 Å². The van der Waals surface area contributed by atoms with Crippen molar-refractivity contribution in [3.63, 3.8) is 0 Å². The third-order valence-electron chi connectivity index (χ3n) is 3.61. The van der Waals surface area contributed by atoms with Crippen LogP contribution < -0.4 is 9.47 Å². The highest BCUT2D eigenvalue weighted by atomic mass is 32.2. The summed E-state index contributed by atoms with van der Waals surface area (Å²) in [5.74, 6) is 1.56. The minimum atomic E-state index is -3.00. The number of amides is 1. The number of hydrogen-bond acceptors (Lipinski definition) is 5. The third kappa shape index (κ3) is 2.58. The molecular formula is C13H15NO5S. The fourth-order valence-corrected chi connectivity index (χ4v) is 4.28. The lowest BCUT2D eigenvalue weighted by atomic mass is 10.1. The Morgan fingerprint density at radius 3 is 2.80 bits per heavy atom. The van der Waals surface area contributed by atoms with E-state index in [2.05, 4.69) is 0 Å². The van der Waals surface area contributed by atoms with Gasteiger partial charge in [-0.1, -0.05) is 6.07 Å². The lowest BCUT2D eigenvalue weighted by Gasteiger charge is -2.23. The van der Waals surface area contributed by atoms with E-state index in [-0.39, 0.29) is 24.3 Å². The van der Waals surface area contributed by atoms with Crippen LogP contribution in [0.2, 0.25) is 0 Å². The van der Waals surface area contributed by atoms with Crippen LogP contribution in [0.3, 0.4) is 0 Å². The molecule has 1 saturated heterocycles. The van der Waals surface area contributed by atoms with Crippen molar-refractivity contribution in [1.82, 2.24) is 4.90 Å². The molecule has 3 rings (SSSR count). The molecule has 0 bridgehead atoms. The van der Waals surface area contributed by atoms with Crippen molar-refractivity contribution in [3.05, 3.63) is 23.8 Å². The summed E-state index contributed by atoms with van der Waals surface area (Å²) in [7, 11) is -3.00. The Labute approximate surface area is 117 Å². The Balaban J connectivity index is 1.74. The van der Waals surface area contributed by atoms with Crippen molar-refractivity contribution in [2.75, 3.05) is 18.3 Å². The van der Waals surface area contributed by atoms with E-state index >= 15 is 0 Å². The van der Waals surface area contributed by atoms with Gasteiger partial charge in [0.25, 0.3) is 0 Å². The molecule has 0 spiro atoms. The third-order valence-corrected chi connectivity index (χ3v) is 5.37. The average Bonchev–Trinajstić information content (AvgIpc) is 3.01. The number of benzene rings is 1. The molecule has 1 aromatic rings. The van der Waals surface area contributed by atoms with Crippen LogP contribution in [0.25, 0.3) is 0 Å². The average molecular weight is 297 g/mol. The number of sulfone groups is 1. The number of rotatable bonds is 4. The van der Waals surface area contributed by atoms with Crippen LogP contribution in [0.1, 0.15) is 12.0 Å². The first kappa shape index (κ1) is 13.2. The van der Waals surface area contributed by atoms with Crippen molar-refractivity contribution < 1.29 is 22.7 Å². The number of fused-ring (bicyclic) bond motifs is 1. The number of hydrogen-bond donors (Lipinski definition) is 0. The van der Waals surface area contributed by atoms with Gasteiger partial charge in [0, 0.05) is 12.6 Å². The molecule has 20 heavy (non-hydrogen) atoms. The second kappa shape index (κ2) is 4.97. The highest BCUT2D eigenvalue weighted by Gasteiger charge is 2.31. The van der Waals surface area contributed by atoms with Crippen molar-refractivity contribution in [2.24, 2.45) is 0 Å². The van der Waals surface area contributed by atoms with E-state index in [0.29, 0.717) is 24.5 Å². The lowest BCUT2D eigenvalue weighted by Crippen LogP contribution is -2.34. The Hall–Kier alpha value is -1.76. The molecule has 0 radical (unpaired) electrons. The fourth-order valence-electron chi connectivity index (χ4n) is 2.54. The second-order valence-corrected chi connectivity index (χ2v) is 7.25. The Morgan fingerprint density at radius 1 is 1.30 bits per heavy atom. The summed E-state index contributed by atoms with van der Waals surface area (Å²) in [6, 6.07) is 5.24. The molecule has 2 heterocycles. The topological polar surface area (TPSA) is 72.9 Å². The number of carbonyl (C=O) groups is 1. The van der Waals surface area contributed by atoms with Gasteiger partial charge in [-0.15, -0.1) is 0 Å². The normalized spacial score (nSPS) is 22.7. The molecule has 108 valence electrons. The quantitative estimate of drug-likeness (QED) is 0.759. The Morgan fingerprint density at radius 2 is 2.10 bits per heavy atom. The Bertz CT molecular complexity index is 628. The number of ether oxygens (including phenoxy) is 2. The summed E-state index contributed by atoms with van der Waals surface area (Å²) in [6.07, 6.45) is 1.22. The van der Waals surface area contributed by atoms with Crippen molar-refractivity contribution in [2.45, 2.75) is 19.0 Å². The smallest absolute Gasteiger partial charge is 0.231 e. The molecule has 1 fully saturated rings. The summed E-state index contributed by atoms with van der Waals surface area (Å²) in [4.78, 5) is 12.8. The zero-order valence-electron chi connectivity index (χ0n) is 10.8. The van der Waals surface area contributed by atoms with Gasteiger partial charge in [-0.25, -0.2) is 8.42 Å². The first-order chi connectivity index (χ1) is 9.57. The number of nitrogens with zero attached hydrogens (tertiary/aromatic N) is 1. The molecule has 7 heteroatoms. The van der Waals surface area contributed by atoms with Gasteiger partial charge in [0.15, 0.2) is 21.3 Å². The first-order valence-corrected chi connectivity index (χ1v) is 8.19. The fraction of sp³-hybridized carbons (Fsp3) is 0.462. The zero-order chi connectivity index (χ0) is 14.2. The van der Waals surface area contributed by atoms with Crippen LogP contribution in [0, 0.1) is 0 Å². The van der Waals surface area contributed by atoms with Gasteiger partial charge in [0.2, 0.25) is 13.2 Å². The van der Waals surface area contributed by atoms with Crippen molar-refractivity contribution in [3.8, 4) is 11.5 Å². The summed E-state index contributed by atoms with van der Waals surface area (Å²) in [6.45, 7) is 0.581. The minimum absolute atomic E-state index is 0.0519. The maximum atomic E-state index is 11.5. The standard InChI is InChI=1S/C13H15NO5S/c15-8-14(11-3-4-20(16,17)7-11)6-10-1-2-12-13(5-10)19-9-18-12/h1-2,5,8,11H,3-4,6-7,9H2. The van der Waals surface area contributed by atoms with E-state index in [1.165, 1.54) is 0 Å². The van der Waals surface area contributed by atoms with Crippen LogP contribution in [0.4, 0.5) is 0 Å². The van der Waals surface area contributed by atoms with Gasteiger partial charge in [-0.05, 0) is 24.1 Å². The number of carbonyl (C=O) groups excluding carboxylic acids is 1. The van der Waals surface area contributed by atoms with Gasteiger partial charge >= 0.3 is 0 Å². The maximum absolute atomic E-state index is 11.5. The van der Waals surface area contributed by atoms with E-state index < -0.39 is 9.84 Å². The van der Waals surface area contributed by atoms with Gasteiger partial charge in [-0.3, -0.25) is 4.79 Å². The minimum Gasteiger partial charge on any atom is -0.454 e. The molecule has 0 aliphatic carbocycles. The lowest BCUT2D eigenvalue weighted by molar-refractivity contribution is -0.120. The Kier molecular flexibility index (Phi) is 3.29. The second-order valence-electron chi connectivity index (χ2n) is 5.02. The summed E-state index contributed by atoms with van der Waals surface area (Å²) >= 11 is 0. The molecule has 0 N–H and O–H groups in total. The summed E-state index contributed by atoms with van der Waals surface area (Å²) in [5.41, 5.74) is 0.894. The predicted molar refractivity (Wildman–Crippen MR) is 71.2 cm³/mol. The van der Waals surface area contributed by atoms with E-state index in [1.54, 1.807) is 11.0 Å². The van der Waals surface area contributed by atoms with Gasteiger partial charge in [0.05, 0.1) is 11.5 Å². The molecule has 2 aliphatic heterocycles. The van der Waals surface area contributed by atoms with E-state index in [1.807, 2.05) is 12.1 Å². The molecule has 1 unspecified atom stereocenters. The van der Waals surface area contributed by atoms with E-state index in [0.717, 1.165) is 12.0 Å². The largest absolute Gasteiger partial charge is 0.454 e. The summed E-state index contributed by atoms with van der Waals surface area (Å²) in [5, 5.41) is 0. The molecular weight excluding hydrogens is 282 g/mol. The van der Waals surface area contributed by atoms with Crippen molar-refractivity contribution in [1.29, 1.82) is 0 Å². The first-order valence-electron chi connectivity index (χ1n) is 6.37. The summed E-state index contributed by atoms with van der Waals surface area (Å²) < 4.78 is 33.5. The highest BCUT2D eigenvalue weighted by molar-refractivity contribution is 7.91. The molecule has 2 aliphatic rings.